The van der Waals surface area contributed by atoms with E-state index in [1.807, 2.05) is 0 Å². The zero-order valence-corrected chi connectivity index (χ0v) is 11.6. The van der Waals surface area contributed by atoms with Gasteiger partial charge >= 0.3 is 0 Å². The van der Waals surface area contributed by atoms with Crippen LogP contribution in [0.1, 0.15) is 37.7 Å². The third-order valence-electron chi connectivity index (χ3n) is 2.84. The molecule has 1 saturated carbocycles. The van der Waals surface area contributed by atoms with E-state index in [0.29, 0.717) is 18.1 Å². The van der Waals surface area contributed by atoms with E-state index >= 15 is 0 Å². The third-order valence-corrected chi connectivity index (χ3v) is 4.47. The number of nitrogens with one attached hydrogen (secondary N) is 2. The van der Waals surface area contributed by atoms with Gasteiger partial charge < -0.3 is 9.73 Å². The summed E-state index contributed by atoms with van der Waals surface area (Å²) in [6.07, 6.45) is 2.90. The highest BCUT2D eigenvalue weighted by atomic mass is 32.2. The lowest BCUT2D eigenvalue weighted by atomic mass is 10.4. The first-order valence-corrected chi connectivity index (χ1v) is 7.83. The van der Waals surface area contributed by atoms with E-state index < -0.39 is 10.0 Å². The van der Waals surface area contributed by atoms with Crippen molar-refractivity contribution in [2.24, 2.45) is 0 Å². The summed E-state index contributed by atoms with van der Waals surface area (Å²) >= 11 is 0. The molecule has 102 valence electrons. The first-order valence-electron chi connectivity index (χ1n) is 6.35. The van der Waals surface area contributed by atoms with E-state index in [1.54, 1.807) is 13.0 Å². The molecule has 0 amide bonds. The first-order chi connectivity index (χ1) is 8.53. The lowest BCUT2D eigenvalue weighted by Crippen LogP contribution is -2.25. The largest absolute Gasteiger partial charge is 0.464 e. The van der Waals surface area contributed by atoms with Crippen LogP contribution in [-0.2, 0) is 16.6 Å². The van der Waals surface area contributed by atoms with E-state index in [0.717, 1.165) is 25.8 Å². The monoisotopic (exact) mass is 272 g/mol. The van der Waals surface area contributed by atoms with Gasteiger partial charge in [-0.2, -0.15) is 0 Å². The Bertz CT molecular complexity index is 503. The van der Waals surface area contributed by atoms with Gasteiger partial charge in [0.2, 0.25) is 10.0 Å². The highest BCUT2D eigenvalue weighted by molar-refractivity contribution is 7.89. The Labute approximate surface area is 108 Å². The molecule has 6 heteroatoms. The highest BCUT2D eigenvalue weighted by Crippen LogP contribution is 2.25. The second-order valence-electron chi connectivity index (χ2n) is 4.71. The van der Waals surface area contributed by atoms with Crippen LogP contribution in [0.3, 0.4) is 0 Å². The molecule has 18 heavy (non-hydrogen) atoms. The molecule has 1 aromatic rings. The van der Waals surface area contributed by atoms with Crippen LogP contribution >= 0.6 is 0 Å². The smallest absolute Gasteiger partial charge is 0.244 e. The summed E-state index contributed by atoms with van der Waals surface area (Å²) in [5, 5.41) is 3.19. The van der Waals surface area contributed by atoms with E-state index in [2.05, 4.69) is 17.0 Å². The summed E-state index contributed by atoms with van der Waals surface area (Å²) < 4.78 is 32.2. The van der Waals surface area contributed by atoms with Crippen LogP contribution in [-0.4, -0.2) is 21.0 Å². The van der Waals surface area contributed by atoms with Crippen molar-refractivity contribution in [2.45, 2.75) is 50.6 Å². The number of aryl methyl sites for hydroxylation is 1. The molecule has 0 aromatic carbocycles. The molecule has 1 heterocycles. The summed E-state index contributed by atoms with van der Waals surface area (Å²) in [5.41, 5.74) is 0. The number of rotatable bonds is 7. The molecule has 1 aliphatic carbocycles. The standard InChI is InChI=1S/C12H20N2O3S/c1-3-6-13-8-11-7-12(9(2)17-11)18(15,16)14-10-4-5-10/h7,10,13-14H,3-6,8H2,1-2H3. The predicted molar refractivity (Wildman–Crippen MR) is 68.8 cm³/mol. The summed E-state index contributed by atoms with van der Waals surface area (Å²) in [6, 6.07) is 1.73. The van der Waals surface area contributed by atoms with Crippen LogP contribution in [0.4, 0.5) is 0 Å². The second kappa shape index (κ2) is 5.42. The Morgan fingerprint density at radius 1 is 1.44 bits per heavy atom. The second-order valence-corrected chi connectivity index (χ2v) is 6.39. The lowest BCUT2D eigenvalue weighted by molar-refractivity contribution is 0.457. The minimum Gasteiger partial charge on any atom is -0.464 e. The van der Waals surface area contributed by atoms with Crippen molar-refractivity contribution in [3.05, 3.63) is 17.6 Å². The van der Waals surface area contributed by atoms with Gasteiger partial charge in [0.15, 0.2) is 0 Å². The Hall–Kier alpha value is -0.850. The van der Waals surface area contributed by atoms with Gasteiger partial charge in [-0.1, -0.05) is 6.92 Å². The Balaban J connectivity index is 2.07. The molecule has 2 N–H and O–H groups in total. The van der Waals surface area contributed by atoms with Crippen molar-refractivity contribution < 1.29 is 12.8 Å². The van der Waals surface area contributed by atoms with Gasteiger partial charge in [0, 0.05) is 12.1 Å². The topological polar surface area (TPSA) is 71.3 Å². The van der Waals surface area contributed by atoms with Crippen LogP contribution in [0, 0.1) is 6.92 Å². The quantitative estimate of drug-likeness (QED) is 0.738. The molecule has 1 fully saturated rings. The van der Waals surface area contributed by atoms with Gasteiger partial charge in [-0.3, -0.25) is 0 Å². The Morgan fingerprint density at radius 3 is 2.78 bits per heavy atom. The molecule has 0 atom stereocenters. The SMILES string of the molecule is CCCNCc1cc(S(=O)(=O)NC2CC2)c(C)o1. The van der Waals surface area contributed by atoms with Gasteiger partial charge in [-0.25, -0.2) is 13.1 Å². The van der Waals surface area contributed by atoms with Crippen molar-refractivity contribution in [2.75, 3.05) is 6.54 Å². The molecule has 0 unspecified atom stereocenters. The maximum Gasteiger partial charge on any atom is 0.244 e. The third kappa shape index (κ3) is 3.34. The van der Waals surface area contributed by atoms with Crippen molar-refractivity contribution in [3.8, 4) is 0 Å². The maximum atomic E-state index is 12.1. The molecule has 0 aliphatic heterocycles. The molecule has 1 aliphatic rings. The Morgan fingerprint density at radius 2 is 2.17 bits per heavy atom. The maximum absolute atomic E-state index is 12.1. The van der Waals surface area contributed by atoms with Gasteiger partial charge in [0.1, 0.15) is 16.4 Å². The zero-order valence-electron chi connectivity index (χ0n) is 10.8. The summed E-state index contributed by atoms with van der Waals surface area (Å²) in [7, 11) is -3.41. The molecule has 1 aromatic heterocycles. The molecular formula is C12H20N2O3S. The zero-order chi connectivity index (χ0) is 13.2. The van der Waals surface area contributed by atoms with Crippen molar-refractivity contribution in [1.29, 1.82) is 0 Å². The molecular weight excluding hydrogens is 252 g/mol. The van der Waals surface area contributed by atoms with E-state index in [1.165, 1.54) is 0 Å². The molecule has 5 nitrogen and oxygen atoms in total. The van der Waals surface area contributed by atoms with Crippen molar-refractivity contribution in [1.82, 2.24) is 10.0 Å². The first kappa shape index (κ1) is 13.6. The number of sulfonamides is 1. The highest BCUT2D eigenvalue weighted by Gasteiger charge is 2.30. The minimum absolute atomic E-state index is 0.117. The molecule has 0 saturated heterocycles. The van der Waals surface area contributed by atoms with Gasteiger partial charge in [0.05, 0.1) is 6.54 Å². The predicted octanol–water partition coefficient (Wildman–Crippen LogP) is 1.53. The van der Waals surface area contributed by atoms with Gasteiger partial charge in [0.25, 0.3) is 0 Å². The van der Waals surface area contributed by atoms with E-state index in [4.69, 9.17) is 4.42 Å². The molecule has 0 radical (unpaired) electrons. The lowest BCUT2D eigenvalue weighted by Gasteiger charge is -2.02. The van der Waals surface area contributed by atoms with Crippen molar-refractivity contribution in [3.63, 3.8) is 0 Å². The number of hydrogen-bond acceptors (Lipinski definition) is 4. The van der Waals surface area contributed by atoms with Gasteiger partial charge in [-0.15, -0.1) is 0 Å². The fraction of sp³-hybridized carbons (Fsp3) is 0.667. The molecule has 0 bridgehead atoms. The van der Waals surface area contributed by atoms with Crippen molar-refractivity contribution >= 4 is 10.0 Å². The normalized spacial score (nSPS) is 16.1. The van der Waals surface area contributed by atoms with Crippen LogP contribution in [0.2, 0.25) is 0 Å². The van der Waals surface area contributed by atoms with Crippen LogP contribution in [0.15, 0.2) is 15.4 Å². The van der Waals surface area contributed by atoms with Crippen LogP contribution < -0.4 is 10.0 Å². The minimum atomic E-state index is -3.41. The fourth-order valence-electron chi connectivity index (χ4n) is 1.75. The molecule has 2 rings (SSSR count). The van der Waals surface area contributed by atoms with E-state index in [9.17, 15) is 8.42 Å². The number of hydrogen-bond donors (Lipinski definition) is 2. The van der Waals surface area contributed by atoms with Crippen LogP contribution in [0.5, 0.6) is 0 Å². The average molecular weight is 272 g/mol. The summed E-state index contributed by atoms with van der Waals surface area (Å²) in [4.78, 5) is 0.266. The van der Waals surface area contributed by atoms with Crippen LogP contribution in [0.25, 0.3) is 0 Å². The van der Waals surface area contributed by atoms with Gasteiger partial charge in [-0.05, 0) is 32.7 Å². The van der Waals surface area contributed by atoms with E-state index in [-0.39, 0.29) is 10.9 Å². The molecule has 0 spiro atoms. The summed E-state index contributed by atoms with van der Waals surface area (Å²) in [5.74, 6) is 1.12. The average Bonchev–Trinajstić information content (AvgIpc) is 3.00. The summed E-state index contributed by atoms with van der Waals surface area (Å²) in [6.45, 7) is 5.22. The fourth-order valence-corrected chi connectivity index (χ4v) is 3.26. The number of furan rings is 1. The Kier molecular flexibility index (Phi) is 4.09.